The first-order valence-electron chi connectivity index (χ1n) is 9.31. The number of allylic oxidation sites excluding steroid dienone is 2. The van der Waals surface area contributed by atoms with Gasteiger partial charge in [0, 0.05) is 26.6 Å². The van der Waals surface area contributed by atoms with Crippen LogP contribution in [0, 0.1) is 6.92 Å². The molecule has 0 aliphatic carbocycles. The number of rotatable bonds is 11. The number of nitrogens with one attached hydrogen (secondary N) is 2. The van der Waals surface area contributed by atoms with E-state index in [1.165, 1.54) is 0 Å². The molecule has 0 saturated carbocycles. The zero-order valence-electron chi connectivity index (χ0n) is 16.7. The summed E-state index contributed by atoms with van der Waals surface area (Å²) < 4.78 is 0. The Morgan fingerprint density at radius 1 is 1.39 bits per heavy atom. The molecule has 0 saturated heterocycles. The van der Waals surface area contributed by atoms with Crippen LogP contribution in [-0.4, -0.2) is 47.5 Å². The molecular formula is C21H28N4O2S. The SMILES string of the molecule is CS/C(=C\C=C\CNCCCC=O)N(C)Cc1ccc2nc(C)[nH]c(=O)c2c1. The highest BCUT2D eigenvalue weighted by Gasteiger charge is 2.07. The van der Waals surface area contributed by atoms with Gasteiger partial charge in [-0.1, -0.05) is 18.2 Å². The summed E-state index contributed by atoms with van der Waals surface area (Å²) in [5, 5.41) is 5.02. The molecule has 0 atom stereocenters. The van der Waals surface area contributed by atoms with Crippen molar-refractivity contribution in [1.82, 2.24) is 20.2 Å². The minimum absolute atomic E-state index is 0.101. The highest BCUT2D eigenvalue weighted by Crippen LogP contribution is 2.19. The molecule has 1 heterocycles. The summed E-state index contributed by atoms with van der Waals surface area (Å²) in [5.41, 5.74) is 1.68. The number of unbranched alkanes of at least 4 members (excludes halogenated alkanes) is 1. The quantitative estimate of drug-likeness (QED) is 0.343. The van der Waals surface area contributed by atoms with Gasteiger partial charge in [0.15, 0.2) is 0 Å². The molecule has 0 amide bonds. The van der Waals surface area contributed by atoms with Crippen molar-refractivity contribution in [3.8, 4) is 0 Å². The molecule has 150 valence electrons. The third-order valence-electron chi connectivity index (χ3n) is 4.21. The van der Waals surface area contributed by atoms with Crippen molar-refractivity contribution in [1.29, 1.82) is 0 Å². The van der Waals surface area contributed by atoms with Gasteiger partial charge in [-0.05, 0) is 49.9 Å². The van der Waals surface area contributed by atoms with Crippen LogP contribution in [-0.2, 0) is 11.3 Å². The Morgan fingerprint density at radius 3 is 2.96 bits per heavy atom. The zero-order valence-corrected chi connectivity index (χ0v) is 17.5. The van der Waals surface area contributed by atoms with Crippen molar-refractivity contribution in [2.75, 3.05) is 26.4 Å². The van der Waals surface area contributed by atoms with Crippen LogP contribution in [0.1, 0.15) is 24.2 Å². The molecule has 2 aromatic rings. The Balaban J connectivity index is 1.97. The van der Waals surface area contributed by atoms with Gasteiger partial charge in [0.1, 0.15) is 12.1 Å². The van der Waals surface area contributed by atoms with E-state index in [2.05, 4.69) is 32.3 Å². The predicted octanol–water partition coefficient (Wildman–Crippen LogP) is 2.99. The second kappa shape index (κ2) is 11.5. The smallest absolute Gasteiger partial charge is 0.258 e. The van der Waals surface area contributed by atoms with Crippen LogP contribution in [0.3, 0.4) is 0 Å². The van der Waals surface area contributed by atoms with E-state index in [4.69, 9.17) is 0 Å². The summed E-state index contributed by atoms with van der Waals surface area (Å²) in [5.74, 6) is 0.625. The lowest BCUT2D eigenvalue weighted by Crippen LogP contribution is -2.16. The normalized spacial score (nSPS) is 12.0. The van der Waals surface area contributed by atoms with Crippen LogP contribution in [0.4, 0.5) is 0 Å². The molecule has 0 aliphatic rings. The number of fused-ring (bicyclic) bond motifs is 1. The maximum Gasteiger partial charge on any atom is 0.258 e. The van der Waals surface area contributed by atoms with Gasteiger partial charge in [-0.15, -0.1) is 11.8 Å². The Hall–Kier alpha value is -2.38. The molecule has 0 bridgehead atoms. The van der Waals surface area contributed by atoms with Crippen molar-refractivity contribution in [3.05, 3.63) is 63.2 Å². The number of H-pyrrole nitrogens is 1. The number of aldehydes is 1. The fourth-order valence-corrected chi connectivity index (χ4v) is 3.41. The molecule has 2 N–H and O–H groups in total. The van der Waals surface area contributed by atoms with E-state index >= 15 is 0 Å². The van der Waals surface area contributed by atoms with Crippen LogP contribution in [0.5, 0.6) is 0 Å². The van der Waals surface area contributed by atoms with E-state index in [0.29, 0.717) is 24.2 Å². The van der Waals surface area contributed by atoms with E-state index in [-0.39, 0.29) is 5.56 Å². The minimum atomic E-state index is -0.101. The van der Waals surface area contributed by atoms with Crippen molar-refractivity contribution in [2.24, 2.45) is 0 Å². The summed E-state index contributed by atoms with van der Waals surface area (Å²) in [6.45, 7) is 4.11. The molecule has 6 nitrogen and oxygen atoms in total. The van der Waals surface area contributed by atoms with Gasteiger partial charge >= 0.3 is 0 Å². The minimum Gasteiger partial charge on any atom is -0.365 e. The van der Waals surface area contributed by atoms with Crippen LogP contribution < -0.4 is 10.9 Å². The van der Waals surface area contributed by atoms with E-state index in [1.54, 1.807) is 18.7 Å². The molecule has 7 heteroatoms. The number of carbonyl (C=O) groups is 1. The number of aromatic nitrogens is 2. The largest absolute Gasteiger partial charge is 0.365 e. The monoisotopic (exact) mass is 400 g/mol. The summed E-state index contributed by atoms with van der Waals surface area (Å²) in [6, 6.07) is 5.83. The van der Waals surface area contributed by atoms with E-state index in [0.717, 1.165) is 41.9 Å². The first-order chi connectivity index (χ1) is 13.5. The first kappa shape index (κ1) is 21.9. The average molecular weight is 401 g/mol. The van der Waals surface area contributed by atoms with Gasteiger partial charge in [0.25, 0.3) is 5.56 Å². The van der Waals surface area contributed by atoms with Crippen LogP contribution in [0.15, 0.2) is 46.3 Å². The van der Waals surface area contributed by atoms with Gasteiger partial charge in [-0.3, -0.25) is 4.79 Å². The molecule has 0 spiro atoms. The number of hydrogen-bond acceptors (Lipinski definition) is 6. The van der Waals surface area contributed by atoms with E-state index in [9.17, 15) is 9.59 Å². The average Bonchev–Trinajstić information content (AvgIpc) is 2.67. The molecule has 1 aromatic heterocycles. The maximum atomic E-state index is 12.2. The molecule has 2 rings (SSSR count). The summed E-state index contributed by atoms with van der Waals surface area (Å²) >= 11 is 1.68. The van der Waals surface area contributed by atoms with Gasteiger partial charge < -0.3 is 20.0 Å². The Morgan fingerprint density at radius 2 is 2.21 bits per heavy atom. The number of hydrogen-bond donors (Lipinski definition) is 2. The second-order valence-electron chi connectivity index (χ2n) is 6.51. The number of nitrogens with zero attached hydrogens (tertiary/aromatic N) is 2. The molecular weight excluding hydrogens is 372 g/mol. The number of aromatic amines is 1. The van der Waals surface area contributed by atoms with Crippen LogP contribution in [0.25, 0.3) is 10.9 Å². The van der Waals surface area contributed by atoms with Crippen LogP contribution >= 0.6 is 11.8 Å². The Labute approximate surface area is 170 Å². The number of benzene rings is 1. The molecule has 0 unspecified atom stereocenters. The molecule has 28 heavy (non-hydrogen) atoms. The summed E-state index contributed by atoms with van der Waals surface area (Å²) in [6.07, 6.45) is 10.7. The standard InChI is InChI=1S/C21H28N4O2S/c1-16-23-19-10-9-17(14-18(19)21(27)24-16)15-25(2)20(28-3)8-4-5-11-22-12-6-7-13-26/h4-5,8-10,13-14,22H,6-7,11-12,15H2,1-3H3,(H,23,24,27)/b5-4+,20-8-. The van der Waals surface area contributed by atoms with Crippen LogP contribution in [0.2, 0.25) is 0 Å². The topological polar surface area (TPSA) is 78.1 Å². The van der Waals surface area contributed by atoms with E-state index in [1.807, 2.05) is 37.6 Å². The first-order valence-corrected chi connectivity index (χ1v) is 10.5. The van der Waals surface area contributed by atoms with Gasteiger partial charge in [0.05, 0.1) is 15.9 Å². The van der Waals surface area contributed by atoms with Crippen molar-refractivity contribution in [3.63, 3.8) is 0 Å². The molecule has 0 fully saturated rings. The maximum absolute atomic E-state index is 12.2. The lowest BCUT2D eigenvalue weighted by Gasteiger charge is -2.21. The third kappa shape index (κ3) is 6.65. The van der Waals surface area contributed by atoms with Crippen molar-refractivity contribution < 1.29 is 4.79 Å². The van der Waals surface area contributed by atoms with E-state index < -0.39 is 0 Å². The third-order valence-corrected chi connectivity index (χ3v) is 5.07. The van der Waals surface area contributed by atoms with Gasteiger partial charge in [0.2, 0.25) is 0 Å². The van der Waals surface area contributed by atoms with Crippen molar-refractivity contribution >= 4 is 29.0 Å². The lowest BCUT2D eigenvalue weighted by atomic mass is 10.1. The fraction of sp³-hybridized carbons (Fsp3) is 0.381. The molecule has 0 radical (unpaired) electrons. The number of carbonyl (C=O) groups excluding carboxylic acids is 1. The second-order valence-corrected chi connectivity index (χ2v) is 7.34. The summed E-state index contributed by atoms with van der Waals surface area (Å²) in [7, 11) is 2.04. The fourth-order valence-electron chi connectivity index (χ4n) is 2.82. The molecule has 0 aliphatic heterocycles. The zero-order chi connectivity index (χ0) is 20.4. The van der Waals surface area contributed by atoms with Gasteiger partial charge in [-0.25, -0.2) is 4.98 Å². The Kier molecular flexibility index (Phi) is 8.97. The van der Waals surface area contributed by atoms with Crippen molar-refractivity contribution in [2.45, 2.75) is 26.3 Å². The van der Waals surface area contributed by atoms with Gasteiger partial charge in [-0.2, -0.15) is 0 Å². The molecule has 1 aromatic carbocycles. The number of aryl methyl sites for hydroxylation is 1. The lowest BCUT2D eigenvalue weighted by molar-refractivity contribution is -0.107. The highest BCUT2D eigenvalue weighted by atomic mass is 32.2. The number of thioether (sulfide) groups is 1. The highest BCUT2D eigenvalue weighted by molar-refractivity contribution is 8.02. The Bertz CT molecular complexity index is 905. The summed E-state index contributed by atoms with van der Waals surface area (Å²) in [4.78, 5) is 31.7. The predicted molar refractivity (Wildman–Crippen MR) is 117 cm³/mol.